The third-order valence-corrected chi connectivity index (χ3v) is 4.81. The smallest absolute Gasteiger partial charge is 0.258 e. The number of hydrogen-bond acceptors (Lipinski definition) is 5. The van der Waals surface area contributed by atoms with Crippen LogP contribution in [0.15, 0.2) is 64.9 Å². The average Bonchev–Trinajstić information content (AvgIpc) is 3.14. The molecule has 26 heavy (non-hydrogen) atoms. The molecule has 0 aliphatic carbocycles. The first-order valence-corrected chi connectivity index (χ1v) is 8.78. The highest BCUT2D eigenvalue weighted by molar-refractivity contribution is 7.14. The zero-order valence-corrected chi connectivity index (χ0v) is 14.7. The van der Waals surface area contributed by atoms with E-state index < -0.39 is 0 Å². The van der Waals surface area contributed by atoms with Crippen LogP contribution in [-0.2, 0) is 7.05 Å². The van der Waals surface area contributed by atoms with Crippen molar-refractivity contribution in [3.8, 4) is 11.4 Å². The van der Waals surface area contributed by atoms with E-state index in [9.17, 15) is 9.59 Å². The van der Waals surface area contributed by atoms with Crippen molar-refractivity contribution in [3.05, 3.63) is 76.0 Å². The van der Waals surface area contributed by atoms with Gasteiger partial charge in [0.05, 0.1) is 16.8 Å². The van der Waals surface area contributed by atoms with Gasteiger partial charge in [-0.3, -0.25) is 19.9 Å². The number of benzene rings is 1. The molecule has 0 unspecified atom stereocenters. The van der Waals surface area contributed by atoms with Gasteiger partial charge in [-0.2, -0.15) is 0 Å². The van der Waals surface area contributed by atoms with E-state index in [1.165, 1.54) is 22.0 Å². The van der Waals surface area contributed by atoms with Crippen molar-refractivity contribution in [1.29, 1.82) is 0 Å². The third kappa shape index (κ3) is 2.89. The van der Waals surface area contributed by atoms with Gasteiger partial charge < -0.3 is 4.57 Å². The fourth-order valence-electron chi connectivity index (χ4n) is 2.73. The molecular formula is C19H14N4O2S. The maximum atomic E-state index is 12.7. The number of aromatic nitrogens is 3. The Hall–Kier alpha value is -3.32. The molecule has 1 N–H and O–H groups in total. The molecule has 1 aromatic carbocycles. The molecule has 4 aromatic rings. The SMILES string of the molecule is Cn1c(=O)cc(C(=O)Nc2nc(-c3ccccn3)cs2)c2ccccc21. The molecule has 128 valence electrons. The maximum absolute atomic E-state index is 12.7. The van der Waals surface area contributed by atoms with Gasteiger partial charge in [-0.05, 0) is 18.2 Å². The van der Waals surface area contributed by atoms with Gasteiger partial charge in [0, 0.05) is 30.1 Å². The fourth-order valence-corrected chi connectivity index (χ4v) is 3.43. The average molecular weight is 362 g/mol. The summed E-state index contributed by atoms with van der Waals surface area (Å²) in [5, 5.41) is 5.79. The number of amides is 1. The van der Waals surface area contributed by atoms with Crippen LogP contribution in [0.2, 0.25) is 0 Å². The summed E-state index contributed by atoms with van der Waals surface area (Å²) in [6.45, 7) is 0. The Kier molecular flexibility index (Phi) is 4.06. The van der Waals surface area contributed by atoms with Crippen LogP contribution in [0.4, 0.5) is 5.13 Å². The molecule has 3 aromatic heterocycles. The number of carbonyl (C=O) groups excluding carboxylic acids is 1. The molecule has 0 aliphatic heterocycles. The van der Waals surface area contributed by atoms with Crippen LogP contribution in [0.25, 0.3) is 22.3 Å². The summed E-state index contributed by atoms with van der Waals surface area (Å²) in [6, 6.07) is 14.2. The van der Waals surface area contributed by atoms with Crippen LogP contribution < -0.4 is 10.9 Å². The van der Waals surface area contributed by atoms with E-state index in [0.717, 1.165) is 5.69 Å². The Morgan fingerprint density at radius 3 is 2.73 bits per heavy atom. The second kappa shape index (κ2) is 6.53. The number of carbonyl (C=O) groups is 1. The number of rotatable bonds is 3. The summed E-state index contributed by atoms with van der Waals surface area (Å²) in [5.41, 5.74) is 2.24. The lowest BCUT2D eigenvalue weighted by molar-refractivity contribution is 0.102. The van der Waals surface area contributed by atoms with Crippen LogP contribution >= 0.6 is 11.3 Å². The highest BCUT2D eigenvalue weighted by Crippen LogP contribution is 2.24. The highest BCUT2D eigenvalue weighted by atomic mass is 32.1. The third-order valence-electron chi connectivity index (χ3n) is 4.05. The molecule has 0 saturated carbocycles. The van der Waals surface area contributed by atoms with Gasteiger partial charge in [-0.25, -0.2) is 4.98 Å². The van der Waals surface area contributed by atoms with Crippen molar-refractivity contribution in [2.75, 3.05) is 5.32 Å². The van der Waals surface area contributed by atoms with E-state index in [4.69, 9.17) is 0 Å². The summed E-state index contributed by atoms with van der Waals surface area (Å²) >= 11 is 1.31. The first kappa shape index (κ1) is 16.2. The quantitative estimate of drug-likeness (QED) is 0.607. The molecule has 0 atom stereocenters. The summed E-state index contributed by atoms with van der Waals surface area (Å²) in [5.74, 6) is -0.360. The van der Waals surface area contributed by atoms with Crippen LogP contribution in [-0.4, -0.2) is 20.4 Å². The van der Waals surface area contributed by atoms with Crippen LogP contribution in [0.3, 0.4) is 0 Å². The lowest BCUT2D eigenvalue weighted by Crippen LogP contribution is -2.21. The zero-order valence-electron chi connectivity index (χ0n) is 13.8. The number of para-hydroxylation sites is 1. The molecule has 4 rings (SSSR count). The molecule has 0 aliphatic rings. The summed E-state index contributed by atoms with van der Waals surface area (Å²) in [7, 11) is 1.69. The standard InChI is InChI=1S/C19H14N4O2S/c1-23-16-8-3-2-6-12(16)13(10-17(23)24)18(25)22-19-21-15(11-26-19)14-7-4-5-9-20-14/h2-11H,1H3,(H,21,22,25). The monoisotopic (exact) mass is 362 g/mol. The minimum Gasteiger partial charge on any atom is -0.311 e. The van der Waals surface area contributed by atoms with Crippen molar-refractivity contribution in [2.45, 2.75) is 0 Å². The first-order valence-electron chi connectivity index (χ1n) is 7.90. The molecule has 7 heteroatoms. The number of nitrogens with one attached hydrogen (secondary N) is 1. The van der Waals surface area contributed by atoms with E-state index in [2.05, 4.69) is 15.3 Å². The molecule has 0 spiro atoms. The molecule has 0 saturated heterocycles. The Bertz CT molecular complexity index is 1170. The number of aryl methyl sites for hydroxylation is 1. The van der Waals surface area contributed by atoms with E-state index in [-0.39, 0.29) is 11.5 Å². The lowest BCUT2D eigenvalue weighted by atomic mass is 10.1. The van der Waals surface area contributed by atoms with Gasteiger partial charge in [-0.1, -0.05) is 24.3 Å². The van der Waals surface area contributed by atoms with Gasteiger partial charge in [0.15, 0.2) is 5.13 Å². The Balaban J connectivity index is 1.68. The molecule has 0 radical (unpaired) electrons. The van der Waals surface area contributed by atoms with Crippen LogP contribution in [0.5, 0.6) is 0 Å². The van der Waals surface area contributed by atoms with Gasteiger partial charge in [0.1, 0.15) is 5.69 Å². The van der Waals surface area contributed by atoms with Gasteiger partial charge in [0.25, 0.3) is 11.5 Å². The number of pyridine rings is 2. The number of nitrogens with zero attached hydrogens (tertiary/aromatic N) is 3. The van der Waals surface area contributed by atoms with E-state index >= 15 is 0 Å². The zero-order chi connectivity index (χ0) is 18.1. The number of thiazole rings is 1. The van der Waals surface area contributed by atoms with Crippen molar-refractivity contribution in [3.63, 3.8) is 0 Å². The van der Waals surface area contributed by atoms with Gasteiger partial charge >= 0.3 is 0 Å². The molecular weight excluding hydrogens is 348 g/mol. The minimum absolute atomic E-state index is 0.234. The van der Waals surface area contributed by atoms with Gasteiger partial charge in [0.2, 0.25) is 0 Å². The molecule has 3 heterocycles. The van der Waals surface area contributed by atoms with E-state index in [1.54, 1.807) is 13.2 Å². The predicted molar refractivity (Wildman–Crippen MR) is 102 cm³/mol. The molecule has 0 fully saturated rings. The first-order chi connectivity index (χ1) is 12.6. The fraction of sp³-hybridized carbons (Fsp3) is 0.0526. The molecule has 0 bridgehead atoms. The Morgan fingerprint density at radius 1 is 1.12 bits per heavy atom. The second-order valence-corrected chi connectivity index (χ2v) is 6.54. The van der Waals surface area contributed by atoms with E-state index in [1.807, 2.05) is 47.8 Å². The lowest BCUT2D eigenvalue weighted by Gasteiger charge is -2.09. The van der Waals surface area contributed by atoms with E-state index in [0.29, 0.717) is 27.3 Å². The van der Waals surface area contributed by atoms with Crippen molar-refractivity contribution in [1.82, 2.24) is 14.5 Å². The topological polar surface area (TPSA) is 76.9 Å². The summed E-state index contributed by atoms with van der Waals surface area (Å²) < 4.78 is 1.52. The Morgan fingerprint density at radius 2 is 1.92 bits per heavy atom. The number of anilines is 1. The number of hydrogen-bond donors (Lipinski definition) is 1. The Labute approximate surface area is 152 Å². The van der Waals surface area contributed by atoms with Gasteiger partial charge in [-0.15, -0.1) is 11.3 Å². The molecule has 1 amide bonds. The van der Waals surface area contributed by atoms with Crippen LogP contribution in [0.1, 0.15) is 10.4 Å². The number of fused-ring (bicyclic) bond motifs is 1. The van der Waals surface area contributed by atoms with Crippen molar-refractivity contribution >= 4 is 33.3 Å². The summed E-state index contributed by atoms with van der Waals surface area (Å²) in [6.07, 6.45) is 1.69. The predicted octanol–water partition coefficient (Wildman–Crippen LogP) is 3.31. The maximum Gasteiger partial charge on any atom is 0.258 e. The second-order valence-electron chi connectivity index (χ2n) is 5.68. The van der Waals surface area contributed by atoms with Crippen molar-refractivity contribution < 1.29 is 4.79 Å². The van der Waals surface area contributed by atoms with Crippen LogP contribution in [0, 0.1) is 0 Å². The largest absolute Gasteiger partial charge is 0.311 e. The minimum atomic E-state index is -0.360. The normalized spacial score (nSPS) is 10.8. The van der Waals surface area contributed by atoms with Crippen molar-refractivity contribution in [2.24, 2.45) is 7.05 Å². The summed E-state index contributed by atoms with van der Waals surface area (Å²) in [4.78, 5) is 33.5. The highest BCUT2D eigenvalue weighted by Gasteiger charge is 2.15. The molecule has 6 nitrogen and oxygen atoms in total.